The predicted octanol–water partition coefficient (Wildman–Crippen LogP) is 7.28. The molecule has 8 nitrogen and oxygen atoms in total. The molecule has 2 aliphatic heterocycles. The Morgan fingerprint density at radius 1 is 0.951 bits per heavy atom. The summed E-state index contributed by atoms with van der Waals surface area (Å²) in [5, 5.41) is 4.52. The maximum absolute atomic E-state index is 6.76. The van der Waals surface area contributed by atoms with E-state index in [0.29, 0.717) is 6.61 Å². The number of anilines is 2. The van der Waals surface area contributed by atoms with Gasteiger partial charge in [0.05, 0.1) is 12.0 Å². The van der Waals surface area contributed by atoms with Gasteiger partial charge in [-0.1, -0.05) is 69.3 Å². The first-order valence-corrected chi connectivity index (χ1v) is 17.2. The molecule has 2 fully saturated rings. The largest absolute Gasteiger partial charge is 0.414 e. The van der Waals surface area contributed by atoms with Crippen LogP contribution in [0.4, 0.5) is 11.5 Å². The highest BCUT2D eigenvalue weighted by atomic mass is 28.4. The normalized spacial score (nSPS) is 24.1. The third kappa shape index (κ3) is 5.33. The molecule has 0 amide bonds. The number of benzene rings is 2. The van der Waals surface area contributed by atoms with Gasteiger partial charge >= 0.3 is 0 Å². The van der Waals surface area contributed by atoms with E-state index in [1.807, 2.05) is 62.4 Å². The van der Waals surface area contributed by atoms with E-state index >= 15 is 0 Å². The van der Waals surface area contributed by atoms with Gasteiger partial charge < -0.3 is 28.5 Å². The van der Waals surface area contributed by atoms with Gasteiger partial charge in [-0.25, -0.2) is 9.97 Å². The Balaban J connectivity index is 1.42. The van der Waals surface area contributed by atoms with Crippen LogP contribution in [0.15, 0.2) is 73.2 Å². The summed E-state index contributed by atoms with van der Waals surface area (Å²) >= 11 is 0. The second kappa shape index (κ2) is 10.3. The van der Waals surface area contributed by atoms with Crippen molar-refractivity contribution in [2.24, 2.45) is 0 Å². The molecule has 0 bridgehead atoms. The first kappa shape index (κ1) is 28.1. The van der Waals surface area contributed by atoms with Crippen LogP contribution in [0, 0.1) is 0 Å². The first-order valence-electron chi connectivity index (χ1n) is 14.3. The topological polar surface area (TPSA) is 79.7 Å². The van der Waals surface area contributed by atoms with E-state index in [-0.39, 0.29) is 23.4 Å². The smallest absolute Gasteiger partial charge is 0.192 e. The molecule has 4 heterocycles. The van der Waals surface area contributed by atoms with Crippen LogP contribution in [0.1, 0.15) is 40.8 Å². The maximum Gasteiger partial charge on any atom is 0.192 e. The van der Waals surface area contributed by atoms with Gasteiger partial charge in [0, 0.05) is 17.4 Å². The molecule has 2 aromatic carbocycles. The Hall–Kier alpha value is -3.08. The summed E-state index contributed by atoms with van der Waals surface area (Å²) in [6.07, 6.45) is 2.40. The lowest BCUT2D eigenvalue weighted by atomic mass is 10.1. The highest BCUT2D eigenvalue weighted by molar-refractivity contribution is 6.74. The molecule has 0 aliphatic carbocycles. The Morgan fingerprint density at radius 2 is 1.61 bits per heavy atom. The van der Waals surface area contributed by atoms with Crippen LogP contribution >= 0.6 is 0 Å². The Labute approximate surface area is 243 Å². The molecule has 0 spiro atoms. The molecule has 4 aromatic rings. The quantitative estimate of drug-likeness (QED) is 0.233. The van der Waals surface area contributed by atoms with Crippen LogP contribution in [0.3, 0.4) is 0 Å². The predicted molar refractivity (Wildman–Crippen MR) is 164 cm³/mol. The maximum atomic E-state index is 6.76. The van der Waals surface area contributed by atoms with Crippen molar-refractivity contribution < 1.29 is 18.6 Å². The van der Waals surface area contributed by atoms with E-state index in [1.54, 1.807) is 6.33 Å². The average molecular weight is 573 g/mol. The van der Waals surface area contributed by atoms with Gasteiger partial charge in [-0.15, -0.1) is 0 Å². The monoisotopic (exact) mass is 572 g/mol. The molecule has 2 aromatic heterocycles. The average Bonchev–Trinajstić information content (AvgIpc) is 3.57. The van der Waals surface area contributed by atoms with Gasteiger partial charge in [0.2, 0.25) is 0 Å². The van der Waals surface area contributed by atoms with Crippen molar-refractivity contribution in [1.82, 2.24) is 14.5 Å². The summed E-state index contributed by atoms with van der Waals surface area (Å²) in [6, 6.07) is 20.4. The number of rotatable bonds is 7. The van der Waals surface area contributed by atoms with Crippen LogP contribution in [0.25, 0.3) is 22.2 Å². The number of nitrogens with one attached hydrogen (secondary N) is 1. The van der Waals surface area contributed by atoms with Crippen LogP contribution < -0.4 is 5.32 Å². The van der Waals surface area contributed by atoms with Crippen molar-refractivity contribution >= 4 is 30.9 Å². The van der Waals surface area contributed by atoms with Crippen molar-refractivity contribution in [2.45, 2.75) is 83.1 Å². The number of fused-ring (bicyclic) bond motifs is 2. The van der Waals surface area contributed by atoms with Gasteiger partial charge in [-0.2, -0.15) is 0 Å². The van der Waals surface area contributed by atoms with Crippen molar-refractivity contribution in [3.05, 3.63) is 73.2 Å². The molecule has 0 radical (unpaired) electrons. The number of hydrogen-bond donors (Lipinski definition) is 1. The Bertz CT molecular complexity index is 1520. The molecule has 216 valence electrons. The van der Waals surface area contributed by atoms with Crippen LogP contribution in [0.2, 0.25) is 18.1 Å². The fourth-order valence-corrected chi connectivity index (χ4v) is 6.41. The molecule has 2 aliphatic rings. The number of para-hydroxylation sites is 1. The van der Waals surface area contributed by atoms with Crippen LogP contribution in [0.5, 0.6) is 0 Å². The zero-order valence-electron chi connectivity index (χ0n) is 24.9. The minimum absolute atomic E-state index is 0.0942. The second-order valence-corrected chi connectivity index (χ2v) is 17.7. The van der Waals surface area contributed by atoms with Gasteiger partial charge in [-0.3, -0.25) is 0 Å². The summed E-state index contributed by atoms with van der Waals surface area (Å²) in [5.41, 5.74) is 3.80. The van der Waals surface area contributed by atoms with E-state index in [2.05, 4.69) is 67.1 Å². The summed E-state index contributed by atoms with van der Waals surface area (Å²) in [7, 11) is -1.99. The molecule has 0 saturated carbocycles. The van der Waals surface area contributed by atoms with E-state index < -0.39 is 20.3 Å². The zero-order chi connectivity index (χ0) is 29.0. The zero-order valence-corrected chi connectivity index (χ0v) is 25.9. The minimum atomic E-state index is -1.99. The van der Waals surface area contributed by atoms with Crippen molar-refractivity contribution in [1.29, 1.82) is 0 Å². The molecule has 9 heteroatoms. The number of hydrogen-bond acceptors (Lipinski definition) is 7. The lowest BCUT2D eigenvalue weighted by Crippen LogP contribution is -2.44. The summed E-state index contributed by atoms with van der Waals surface area (Å²) in [6.45, 7) is 15.6. The molecule has 41 heavy (non-hydrogen) atoms. The number of aromatic nitrogens is 3. The van der Waals surface area contributed by atoms with Gasteiger partial charge in [0.1, 0.15) is 36.1 Å². The summed E-state index contributed by atoms with van der Waals surface area (Å²) in [4.78, 5) is 9.44. The number of nitrogens with zero attached hydrogens (tertiary/aromatic N) is 3. The van der Waals surface area contributed by atoms with Crippen LogP contribution in [-0.4, -0.2) is 53.6 Å². The van der Waals surface area contributed by atoms with Crippen molar-refractivity contribution in [3.8, 4) is 11.1 Å². The Morgan fingerprint density at radius 3 is 2.29 bits per heavy atom. The van der Waals surface area contributed by atoms with Crippen LogP contribution in [-0.2, 0) is 18.6 Å². The molecule has 6 rings (SSSR count). The Kier molecular flexibility index (Phi) is 7.06. The molecular weight excluding hydrogens is 532 g/mol. The third-order valence-electron chi connectivity index (χ3n) is 8.54. The molecular formula is C32H40N4O4Si. The molecule has 1 N–H and O–H groups in total. The van der Waals surface area contributed by atoms with Gasteiger partial charge in [0.25, 0.3) is 0 Å². The molecule has 0 unspecified atom stereocenters. The van der Waals surface area contributed by atoms with E-state index in [0.717, 1.165) is 33.7 Å². The van der Waals surface area contributed by atoms with E-state index in [1.165, 1.54) is 0 Å². The third-order valence-corrected chi connectivity index (χ3v) is 13.0. The fraction of sp³-hybridized carbons (Fsp3) is 0.438. The SMILES string of the molecule is CC1(C)O[C@@H]2[C@H](O1)[C@H](CO[Si](C)(C)C(C)(C)C)O[C@H]2n1cc(-c2ccccc2)c2c(Nc3ccccc3)ncnc21. The highest BCUT2D eigenvalue weighted by Gasteiger charge is 2.56. The molecule has 2 saturated heterocycles. The lowest BCUT2D eigenvalue weighted by Gasteiger charge is -2.37. The summed E-state index contributed by atoms with van der Waals surface area (Å²) < 4.78 is 28.4. The van der Waals surface area contributed by atoms with Crippen molar-refractivity contribution in [3.63, 3.8) is 0 Å². The van der Waals surface area contributed by atoms with E-state index in [9.17, 15) is 0 Å². The van der Waals surface area contributed by atoms with E-state index in [4.69, 9.17) is 23.6 Å². The standard InChI is InChI=1S/C32H40N4O4Si/c1-31(2,3)41(6,7)37-19-24-26-27(40-32(4,5)39-26)30(38-24)36-18-23(21-14-10-8-11-15-21)25-28(33-20-34-29(25)36)35-22-16-12-9-13-17-22/h8-18,20,24,26-27,30H,19H2,1-7H3,(H,33,34,35)/t24-,26+,27+,30+/m0/s1. The first-order chi connectivity index (χ1) is 19.4. The van der Waals surface area contributed by atoms with Gasteiger partial charge in [-0.05, 0) is 49.7 Å². The summed E-state index contributed by atoms with van der Waals surface area (Å²) in [5.74, 6) is 0.00220. The minimum Gasteiger partial charge on any atom is -0.414 e. The number of ether oxygens (including phenoxy) is 3. The van der Waals surface area contributed by atoms with Gasteiger partial charge in [0.15, 0.2) is 20.3 Å². The highest BCUT2D eigenvalue weighted by Crippen LogP contribution is 2.47. The second-order valence-electron chi connectivity index (χ2n) is 12.9. The lowest BCUT2D eigenvalue weighted by molar-refractivity contribution is -0.199. The fourth-order valence-electron chi connectivity index (χ4n) is 5.39. The molecule has 4 atom stereocenters. The van der Waals surface area contributed by atoms with Crippen molar-refractivity contribution in [2.75, 3.05) is 11.9 Å².